The second-order valence-electron chi connectivity index (χ2n) is 5.54. The molecule has 2 rings (SSSR count). The minimum atomic E-state index is -3.84. The molecule has 24 heavy (non-hydrogen) atoms. The van der Waals surface area contributed by atoms with Crippen molar-refractivity contribution in [2.45, 2.75) is 36.6 Å². The zero-order chi connectivity index (χ0) is 17.7. The minimum absolute atomic E-state index is 0.0993. The summed E-state index contributed by atoms with van der Waals surface area (Å²) in [6, 6.07) is 3.48. The van der Waals surface area contributed by atoms with Crippen LogP contribution in [-0.2, 0) is 19.6 Å². The van der Waals surface area contributed by atoms with E-state index in [1.165, 1.54) is 4.90 Å². The highest BCUT2D eigenvalue weighted by atomic mass is 32.2. The molecule has 1 aliphatic heterocycles. The van der Waals surface area contributed by atoms with E-state index in [4.69, 9.17) is 5.11 Å². The van der Waals surface area contributed by atoms with Crippen LogP contribution in [0.5, 0.6) is 0 Å². The van der Waals surface area contributed by atoms with E-state index < -0.39 is 33.8 Å². The van der Waals surface area contributed by atoms with Crippen molar-refractivity contribution < 1.29 is 27.5 Å². The summed E-state index contributed by atoms with van der Waals surface area (Å²) in [6.07, 6.45) is 1.75. The smallest absolute Gasteiger partial charge is 0.326 e. The molecule has 132 valence electrons. The maximum Gasteiger partial charge on any atom is 0.326 e. The first kappa shape index (κ1) is 18.3. The molecule has 0 bridgehead atoms. The number of benzene rings is 1. The Kier molecular flexibility index (Phi) is 5.89. The summed E-state index contributed by atoms with van der Waals surface area (Å²) in [7, 11) is -3.84. The predicted molar refractivity (Wildman–Crippen MR) is 83.2 cm³/mol. The van der Waals surface area contributed by atoms with Gasteiger partial charge in [-0.2, -0.15) is 0 Å². The second-order valence-corrected chi connectivity index (χ2v) is 7.31. The van der Waals surface area contributed by atoms with Crippen molar-refractivity contribution in [3.63, 3.8) is 0 Å². The first-order valence-electron chi connectivity index (χ1n) is 7.59. The summed E-state index contributed by atoms with van der Waals surface area (Å²) < 4.78 is 39.1. The molecule has 7 nitrogen and oxygen atoms in total. The Bertz CT molecular complexity index is 705. The van der Waals surface area contributed by atoms with Crippen LogP contribution in [0.15, 0.2) is 29.2 Å². The van der Waals surface area contributed by atoms with Gasteiger partial charge >= 0.3 is 5.97 Å². The number of carboxylic acids is 1. The van der Waals surface area contributed by atoms with Gasteiger partial charge in [0.25, 0.3) is 0 Å². The van der Waals surface area contributed by atoms with Gasteiger partial charge in [0.15, 0.2) is 0 Å². The Labute approximate surface area is 139 Å². The van der Waals surface area contributed by atoms with Crippen molar-refractivity contribution >= 4 is 21.9 Å². The number of sulfonamides is 1. The van der Waals surface area contributed by atoms with Crippen LogP contribution < -0.4 is 4.72 Å². The highest BCUT2D eigenvalue weighted by Crippen LogP contribution is 2.18. The molecule has 0 unspecified atom stereocenters. The quantitative estimate of drug-likeness (QED) is 0.788. The summed E-state index contributed by atoms with van der Waals surface area (Å²) in [4.78, 5) is 24.5. The number of aliphatic carboxylic acids is 1. The first-order chi connectivity index (χ1) is 11.3. The molecule has 1 amide bonds. The molecule has 1 aromatic rings. The van der Waals surface area contributed by atoms with E-state index in [0.29, 0.717) is 13.0 Å². The summed E-state index contributed by atoms with van der Waals surface area (Å²) in [6.45, 7) is 0.210. The Balaban J connectivity index is 1.91. The third-order valence-electron chi connectivity index (χ3n) is 3.86. The molecule has 0 radical (unpaired) electrons. The number of amides is 1. The van der Waals surface area contributed by atoms with Crippen LogP contribution in [0, 0.1) is 5.82 Å². The number of hydrogen-bond donors (Lipinski definition) is 2. The number of likely N-dealkylation sites (tertiary alicyclic amines) is 1. The van der Waals surface area contributed by atoms with Gasteiger partial charge in [0.1, 0.15) is 11.9 Å². The van der Waals surface area contributed by atoms with E-state index in [1.54, 1.807) is 0 Å². The van der Waals surface area contributed by atoms with Crippen molar-refractivity contribution in [3.8, 4) is 0 Å². The summed E-state index contributed by atoms with van der Waals surface area (Å²) in [5.41, 5.74) is 0. The molecular formula is C15H19FN2O5S. The van der Waals surface area contributed by atoms with Crippen molar-refractivity contribution in [1.82, 2.24) is 9.62 Å². The number of carboxylic acid groups (broad SMARTS) is 1. The number of nitrogens with one attached hydrogen (secondary N) is 1. The van der Waals surface area contributed by atoms with Gasteiger partial charge in [-0.1, -0.05) is 0 Å². The lowest BCUT2D eigenvalue weighted by atomic mass is 10.0. The van der Waals surface area contributed by atoms with Crippen molar-refractivity contribution in [3.05, 3.63) is 30.1 Å². The van der Waals surface area contributed by atoms with Gasteiger partial charge in [-0.25, -0.2) is 22.3 Å². The maximum atomic E-state index is 12.8. The van der Waals surface area contributed by atoms with Gasteiger partial charge in [0, 0.05) is 19.5 Å². The zero-order valence-corrected chi connectivity index (χ0v) is 13.8. The summed E-state index contributed by atoms with van der Waals surface area (Å²) in [5.74, 6) is -1.99. The monoisotopic (exact) mass is 358 g/mol. The van der Waals surface area contributed by atoms with Crippen molar-refractivity contribution in [2.75, 3.05) is 13.1 Å². The largest absolute Gasteiger partial charge is 0.480 e. The van der Waals surface area contributed by atoms with Crippen LogP contribution in [0.3, 0.4) is 0 Å². The molecule has 0 aliphatic carbocycles. The lowest BCUT2D eigenvalue weighted by Gasteiger charge is -2.33. The lowest BCUT2D eigenvalue weighted by molar-refractivity contribution is -0.152. The molecule has 1 aromatic carbocycles. The van der Waals surface area contributed by atoms with E-state index in [0.717, 1.165) is 37.1 Å². The second kappa shape index (κ2) is 7.71. The molecule has 9 heteroatoms. The van der Waals surface area contributed by atoms with Crippen LogP contribution in [-0.4, -0.2) is 49.4 Å². The summed E-state index contributed by atoms with van der Waals surface area (Å²) >= 11 is 0. The van der Waals surface area contributed by atoms with E-state index >= 15 is 0 Å². The molecular weight excluding hydrogens is 339 g/mol. The molecule has 1 fully saturated rings. The molecule has 2 N–H and O–H groups in total. The van der Waals surface area contributed by atoms with Crippen LogP contribution in [0.4, 0.5) is 4.39 Å². The van der Waals surface area contributed by atoms with Gasteiger partial charge in [0.2, 0.25) is 15.9 Å². The van der Waals surface area contributed by atoms with Gasteiger partial charge in [-0.3, -0.25) is 4.79 Å². The molecule has 1 atom stereocenters. The molecule has 1 aliphatic rings. The number of piperidine rings is 1. The number of rotatable bonds is 6. The van der Waals surface area contributed by atoms with Crippen LogP contribution in [0.1, 0.15) is 25.7 Å². The Morgan fingerprint density at radius 2 is 1.92 bits per heavy atom. The first-order valence-corrected chi connectivity index (χ1v) is 9.07. The molecule has 0 aromatic heterocycles. The van der Waals surface area contributed by atoms with Crippen molar-refractivity contribution in [1.29, 1.82) is 0 Å². The third kappa shape index (κ3) is 4.51. The van der Waals surface area contributed by atoms with Crippen LogP contribution >= 0.6 is 0 Å². The van der Waals surface area contributed by atoms with E-state index in [-0.39, 0.29) is 17.9 Å². The Morgan fingerprint density at radius 3 is 2.54 bits per heavy atom. The predicted octanol–water partition coefficient (Wildman–Crippen LogP) is 0.960. The number of nitrogens with zero attached hydrogens (tertiary/aromatic N) is 1. The number of hydrogen-bond acceptors (Lipinski definition) is 4. The Morgan fingerprint density at radius 1 is 1.25 bits per heavy atom. The highest BCUT2D eigenvalue weighted by molar-refractivity contribution is 7.89. The molecule has 1 heterocycles. The fourth-order valence-electron chi connectivity index (χ4n) is 2.62. The average Bonchev–Trinajstić information content (AvgIpc) is 2.55. The third-order valence-corrected chi connectivity index (χ3v) is 5.34. The van der Waals surface area contributed by atoms with Gasteiger partial charge in [0.05, 0.1) is 4.90 Å². The Hall–Kier alpha value is -2.00. The van der Waals surface area contributed by atoms with Gasteiger partial charge in [-0.15, -0.1) is 0 Å². The summed E-state index contributed by atoms with van der Waals surface area (Å²) in [5, 5.41) is 9.15. The normalized spacial score (nSPS) is 18.4. The molecule has 0 spiro atoms. The van der Waals surface area contributed by atoms with Gasteiger partial charge in [-0.05, 0) is 43.5 Å². The SMILES string of the molecule is O=C(O)[C@H]1CCCCN1C(=O)CCNS(=O)(=O)c1ccc(F)cc1. The van der Waals surface area contributed by atoms with E-state index in [9.17, 15) is 22.4 Å². The average molecular weight is 358 g/mol. The topological polar surface area (TPSA) is 104 Å². The zero-order valence-electron chi connectivity index (χ0n) is 12.9. The maximum absolute atomic E-state index is 12.8. The number of carbonyl (C=O) groups is 2. The standard InChI is InChI=1S/C15H19FN2O5S/c16-11-4-6-12(7-5-11)24(22,23)17-9-8-14(19)18-10-2-1-3-13(18)15(20)21/h4-7,13,17H,1-3,8-10H2,(H,20,21)/t13-/m1/s1. The fraction of sp³-hybridized carbons (Fsp3) is 0.467. The fourth-order valence-corrected chi connectivity index (χ4v) is 3.65. The van der Waals surface area contributed by atoms with Gasteiger partial charge < -0.3 is 10.0 Å². The van der Waals surface area contributed by atoms with Crippen molar-refractivity contribution in [2.24, 2.45) is 0 Å². The number of carbonyl (C=O) groups excluding carboxylic acids is 1. The molecule has 0 saturated carbocycles. The van der Waals surface area contributed by atoms with Crippen LogP contribution in [0.25, 0.3) is 0 Å². The number of halogens is 1. The molecule has 1 saturated heterocycles. The van der Waals surface area contributed by atoms with E-state index in [1.807, 2.05) is 0 Å². The highest BCUT2D eigenvalue weighted by Gasteiger charge is 2.31. The lowest BCUT2D eigenvalue weighted by Crippen LogP contribution is -2.48. The van der Waals surface area contributed by atoms with E-state index in [2.05, 4.69) is 4.72 Å². The minimum Gasteiger partial charge on any atom is -0.480 e. The van der Waals surface area contributed by atoms with Crippen LogP contribution in [0.2, 0.25) is 0 Å².